The van der Waals surface area contributed by atoms with E-state index in [-0.39, 0.29) is 18.7 Å². The molecule has 1 unspecified atom stereocenters. The van der Waals surface area contributed by atoms with Gasteiger partial charge in [0.25, 0.3) is 0 Å². The second-order valence-corrected chi connectivity index (χ2v) is 5.58. The Morgan fingerprint density at radius 1 is 1.57 bits per heavy atom. The number of oxazole rings is 1. The Morgan fingerprint density at radius 2 is 2.33 bits per heavy atom. The van der Waals surface area contributed by atoms with Crippen molar-refractivity contribution in [2.45, 2.75) is 31.7 Å². The van der Waals surface area contributed by atoms with Crippen LogP contribution in [0.5, 0.6) is 0 Å². The molecule has 1 heterocycles. The van der Waals surface area contributed by atoms with E-state index in [2.05, 4.69) is 10.3 Å². The van der Waals surface area contributed by atoms with Gasteiger partial charge in [-0.15, -0.1) is 0 Å². The number of rotatable bonds is 4. The molecular weight excluding hydrogens is 270 g/mol. The van der Waals surface area contributed by atoms with Crippen LogP contribution in [0.1, 0.15) is 31.6 Å². The Balaban J connectivity index is 1.76. The van der Waals surface area contributed by atoms with E-state index in [1.807, 2.05) is 6.07 Å². The molecule has 0 saturated heterocycles. The summed E-state index contributed by atoms with van der Waals surface area (Å²) in [7, 11) is 1.65. The fourth-order valence-corrected chi connectivity index (χ4v) is 2.06. The van der Waals surface area contributed by atoms with Crippen molar-refractivity contribution < 1.29 is 14.3 Å². The van der Waals surface area contributed by atoms with Gasteiger partial charge in [-0.3, -0.25) is 0 Å². The minimum Gasteiger partial charge on any atom is -0.440 e. The molecule has 0 aliphatic heterocycles. The number of fused-ring (bicyclic) bond motifs is 1. The third kappa shape index (κ3) is 2.85. The molecule has 0 spiro atoms. The van der Waals surface area contributed by atoms with Crippen molar-refractivity contribution in [1.29, 1.82) is 0 Å². The molecule has 2 N–H and O–H groups in total. The first-order valence-electron chi connectivity index (χ1n) is 7.13. The average molecular weight is 289 g/mol. The number of nitrogens with zero attached hydrogens (tertiary/aromatic N) is 2. The van der Waals surface area contributed by atoms with Crippen LogP contribution >= 0.6 is 0 Å². The fourth-order valence-electron chi connectivity index (χ4n) is 2.06. The van der Waals surface area contributed by atoms with Crippen molar-refractivity contribution in [1.82, 2.24) is 9.88 Å². The molecule has 1 atom stereocenters. The third-order valence-corrected chi connectivity index (χ3v) is 3.83. The molecule has 0 radical (unpaired) electrons. The largest absolute Gasteiger partial charge is 0.440 e. The number of carbonyl (C=O) groups excluding carboxylic acids is 1. The van der Waals surface area contributed by atoms with E-state index in [4.69, 9.17) is 9.52 Å². The van der Waals surface area contributed by atoms with Crippen LogP contribution in [-0.4, -0.2) is 40.7 Å². The summed E-state index contributed by atoms with van der Waals surface area (Å²) in [6, 6.07) is 4.92. The van der Waals surface area contributed by atoms with Gasteiger partial charge in [-0.1, -0.05) is 0 Å². The molecule has 1 aliphatic rings. The van der Waals surface area contributed by atoms with Crippen LogP contribution in [0.3, 0.4) is 0 Å². The molecule has 6 nitrogen and oxygen atoms in total. The number of anilines is 1. The van der Waals surface area contributed by atoms with Gasteiger partial charge in [-0.2, -0.15) is 0 Å². The topological polar surface area (TPSA) is 78.6 Å². The number of amides is 2. The molecule has 21 heavy (non-hydrogen) atoms. The summed E-state index contributed by atoms with van der Waals surface area (Å²) in [4.78, 5) is 18.0. The van der Waals surface area contributed by atoms with Crippen LogP contribution in [0, 0.1) is 0 Å². The highest BCUT2D eigenvalue weighted by molar-refractivity contribution is 5.91. The number of aromatic nitrogens is 1. The summed E-state index contributed by atoms with van der Waals surface area (Å²) in [5.74, 6) is 1.26. The van der Waals surface area contributed by atoms with E-state index >= 15 is 0 Å². The van der Waals surface area contributed by atoms with Crippen LogP contribution in [0.4, 0.5) is 10.5 Å². The van der Waals surface area contributed by atoms with Crippen molar-refractivity contribution in [2.75, 3.05) is 19.0 Å². The molecule has 0 bridgehead atoms. The lowest BCUT2D eigenvalue weighted by Crippen LogP contribution is -2.40. The highest BCUT2D eigenvalue weighted by atomic mass is 16.3. The van der Waals surface area contributed by atoms with E-state index in [0.29, 0.717) is 11.6 Å². The normalized spacial score (nSPS) is 16.0. The van der Waals surface area contributed by atoms with Gasteiger partial charge in [0.1, 0.15) is 5.52 Å². The van der Waals surface area contributed by atoms with Gasteiger partial charge >= 0.3 is 6.03 Å². The Bertz CT molecular complexity index is 663. The van der Waals surface area contributed by atoms with Gasteiger partial charge < -0.3 is 19.7 Å². The van der Waals surface area contributed by atoms with Crippen LogP contribution in [0.15, 0.2) is 22.6 Å². The Kier molecular flexibility index (Phi) is 3.55. The zero-order chi connectivity index (χ0) is 15.0. The monoisotopic (exact) mass is 289 g/mol. The van der Waals surface area contributed by atoms with Gasteiger partial charge in [-0.25, -0.2) is 9.78 Å². The second kappa shape index (κ2) is 5.37. The first kappa shape index (κ1) is 13.9. The van der Waals surface area contributed by atoms with Crippen molar-refractivity contribution in [2.24, 2.45) is 0 Å². The summed E-state index contributed by atoms with van der Waals surface area (Å²) >= 11 is 0. The molecule has 2 amide bonds. The third-order valence-electron chi connectivity index (χ3n) is 3.83. The number of nitrogens with one attached hydrogen (secondary N) is 1. The van der Waals surface area contributed by atoms with E-state index in [0.717, 1.165) is 29.8 Å². The number of likely N-dealkylation sites (N-methyl/N-ethyl adjacent to an activating group) is 1. The molecule has 1 fully saturated rings. The molecule has 1 saturated carbocycles. The minimum atomic E-state index is -0.262. The highest BCUT2D eigenvalue weighted by Crippen LogP contribution is 2.40. The number of hydrogen-bond donors (Lipinski definition) is 2. The molecular formula is C15H19N3O3. The number of aliphatic hydroxyl groups is 1. The first-order valence-corrected chi connectivity index (χ1v) is 7.13. The van der Waals surface area contributed by atoms with Gasteiger partial charge in [0, 0.05) is 18.7 Å². The standard InChI is InChI=1S/C15H19N3O3/c1-9(8-19)18(2)15(20)16-11-5-6-13-12(7-11)17-14(21-13)10-3-4-10/h5-7,9-10,19H,3-4,8H2,1-2H3,(H,16,20). The van der Waals surface area contributed by atoms with E-state index in [9.17, 15) is 4.79 Å². The lowest BCUT2D eigenvalue weighted by atomic mass is 10.3. The van der Waals surface area contributed by atoms with Gasteiger partial charge in [0.2, 0.25) is 0 Å². The fraction of sp³-hybridized carbons (Fsp3) is 0.467. The van der Waals surface area contributed by atoms with E-state index in [1.54, 1.807) is 26.1 Å². The molecule has 1 aliphatic carbocycles. The smallest absolute Gasteiger partial charge is 0.321 e. The lowest BCUT2D eigenvalue weighted by Gasteiger charge is -2.23. The van der Waals surface area contributed by atoms with Crippen LogP contribution < -0.4 is 5.32 Å². The molecule has 2 aromatic rings. The minimum absolute atomic E-state index is 0.0724. The summed E-state index contributed by atoms with van der Waals surface area (Å²) in [5.41, 5.74) is 2.17. The molecule has 6 heteroatoms. The van der Waals surface area contributed by atoms with Gasteiger partial charge in [-0.05, 0) is 38.0 Å². The zero-order valence-electron chi connectivity index (χ0n) is 12.2. The van der Waals surface area contributed by atoms with Crippen molar-refractivity contribution in [3.63, 3.8) is 0 Å². The maximum Gasteiger partial charge on any atom is 0.321 e. The summed E-state index contributed by atoms with van der Waals surface area (Å²) in [6.45, 7) is 1.71. The van der Waals surface area contributed by atoms with Gasteiger partial charge in [0.15, 0.2) is 11.5 Å². The first-order chi connectivity index (χ1) is 10.1. The molecule has 1 aromatic carbocycles. The highest BCUT2D eigenvalue weighted by Gasteiger charge is 2.28. The number of carbonyl (C=O) groups is 1. The number of hydrogen-bond acceptors (Lipinski definition) is 4. The Labute approximate surface area is 122 Å². The summed E-state index contributed by atoms with van der Waals surface area (Å²) < 4.78 is 5.69. The van der Waals surface area contributed by atoms with Crippen molar-refractivity contribution in [3.8, 4) is 0 Å². The summed E-state index contributed by atoms with van der Waals surface area (Å²) in [5, 5.41) is 11.9. The van der Waals surface area contributed by atoms with Crippen molar-refractivity contribution in [3.05, 3.63) is 24.1 Å². The predicted molar refractivity (Wildman–Crippen MR) is 79.3 cm³/mol. The summed E-state index contributed by atoms with van der Waals surface area (Å²) in [6.07, 6.45) is 2.28. The molecule has 1 aromatic heterocycles. The number of aliphatic hydroxyl groups excluding tert-OH is 1. The average Bonchev–Trinajstić information content (AvgIpc) is 3.25. The lowest BCUT2D eigenvalue weighted by molar-refractivity contribution is 0.166. The molecule has 112 valence electrons. The van der Waals surface area contributed by atoms with Crippen LogP contribution in [0.25, 0.3) is 11.1 Å². The predicted octanol–water partition coefficient (Wildman–Crippen LogP) is 2.55. The Hall–Kier alpha value is -2.08. The quantitative estimate of drug-likeness (QED) is 0.906. The zero-order valence-corrected chi connectivity index (χ0v) is 12.2. The number of benzene rings is 1. The molecule has 3 rings (SSSR count). The van der Waals surface area contributed by atoms with E-state index < -0.39 is 0 Å². The van der Waals surface area contributed by atoms with E-state index in [1.165, 1.54) is 4.90 Å². The maximum absolute atomic E-state index is 12.0. The SMILES string of the molecule is CC(CO)N(C)C(=O)Nc1ccc2oc(C3CC3)nc2c1. The van der Waals surface area contributed by atoms with Crippen LogP contribution in [0.2, 0.25) is 0 Å². The Morgan fingerprint density at radius 3 is 3.00 bits per heavy atom. The van der Waals surface area contributed by atoms with Gasteiger partial charge in [0.05, 0.1) is 12.6 Å². The van der Waals surface area contributed by atoms with Crippen LogP contribution in [-0.2, 0) is 0 Å². The number of urea groups is 1. The van der Waals surface area contributed by atoms with Crippen molar-refractivity contribution >= 4 is 22.8 Å². The maximum atomic E-state index is 12.0. The second-order valence-electron chi connectivity index (χ2n) is 5.58.